The van der Waals surface area contributed by atoms with Crippen LogP contribution in [0.1, 0.15) is 43.0 Å². The van der Waals surface area contributed by atoms with Crippen molar-refractivity contribution in [2.24, 2.45) is 0 Å². The van der Waals surface area contributed by atoms with Gasteiger partial charge in [-0.05, 0) is 37.9 Å². The van der Waals surface area contributed by atoms with Crippen molar-refractivity contribution in [1.82, 2.24) is 5.32 Å². The Bertz CT molecular complexity index is 554. The minimum atomic E-state index is -1.27. The highest BCUT2D eigenvalue weighted by atomic mass is 19.1. The van der Waals surface area contributed by atoms with Crippen LogP contribution in [0.5, 0.6) is 0 Å². The summed E-state index contributed by atoms with van der Waals surface area (Å²) in [6.45, 7) is 2.71. The fraction of sp³-hybridized carbons (Fsp3) is 0.467. The number of carbonyl (C=O) groups is 2. The molecule has 0 aromatic heterocycles. The molecule has 0 bridgehead atoms. The lowest BCUT2D eigenvalue weighted by molar-refractivity contribution is -0.122. The molecule has 1 fully saturated rings. The number of anilines is 1. The van der Waals surface area contributed by atoms with Gasteiger partial charge in [0.2, 0.25) is 5.91 Å². The summed E-state index contributed by atoms with van der Waals surface area (Å²) in [7, 11) is 0. The largest absolute Gasteiger partial charge is 0.478 e. The second-order valence-corrected chi connectivity index (χ2v) is 5.28. The van der Waals surface area contributed by atoms with Crippen molar-refractivity contribution >= 4 is 17.6 Å². The van der Waals surface area contributed by atoms with E-state index < -0.39 is 17.3 Å². The molecule has 6 heteroatoms. The van der Waals surface area contributed by atoms with Crippen LogP contribution in [0, 0.1) is 5.82 Å². The van der Waals surface area contributed by atoms with E-state index in [1.807, 2.05) is 6.92 Å². The molecule has 1 aromatic carbocycles. The van der Waals surface area contributed by atoms with Gasteiger partial charge in [0.1, 0.15) is 5.82 Å². The van der Waals surface area contributed by atoms with Crippen molar-refractivity contribution in [2.45, 2.75) is 38.1 Å². The van der Waals surface area contributed by atoms with Gasteiger partial charge in [0.05, 0.1) is 16.8 Å². The second-order valence-electron chi connectivity index (χ2n) is 5.28. The van der Waals surface area contributed by atoms with E-state index in [0.717, 1.165) is 25.5 Å². The predicted octanol–water partition coefficient (Wildman–Crippen LogP) is 2.38. The summed E-state index contributed by atoms with van der Waals surface area (Å²) >= 11 is 0. The van der Waals surface area contributed by atoms with Gasteiger partial charge in [-0.25, -0.2) is 9.18 Å². The summed E-state index contributed by atoms with van der Waals surface area (Å²) in [6.07, 6.45) is 2.99. The molecule has 1 aliphatic rings. The maximum atomic E-state index is 13.9. The number of nitrogens with one attached hydrogen (secondary N) is 2. The van der Waals surface area contributed by atoms with Gasteiger partial charge < -0.3 is 15.7 Å². The molecule has 1 unspecified atom stereocenters. The number of amides is 1. The average Bonchev–Trinajstić information content (AvgIpc) is 2.91. The van der Waals surface area contributed by atoms with Gasteiger partial charge in [-0.2, -0.15) is 0 Å². The molecule has 21 heavy (non-hydrogen) atoms. The Kier molecular flexibility index (Phi) is 4.57. The van der Waals surface area contributed by atoms with Gasteiger partial charge >= 0.3 is 5.97 Å². The maximum absolute atomic E-state index is 13.9. The molecule has 5 nitrogen and oxygen atoms in total. The van der Waals surface area contributed by atoms with E-state index in [9.17, 15) is 14.0 Å². The van der Waals surface area contributed by atoms with Crippen molar-refractivity contribution in [3.63, 3.8) is 0 Å². The normalized spacial score (nSPS) is 21.2. The third-order valence-corrected chi connectivity index (χ3v) is 3.84. The molecule has 1 heterocycles. The first-order chi connectivity index (χ1) is 10.00. The second kappa shape index (κ2) is 6.22. The summed E-state index contributed by atoms with van der Waals surface area (Å²) in [5.41, 5.74) is -1.24. The van der Waals surface area contributed by atoms with Crippen LogP contribution in [0.2, 0.25) is 0 Å². The lowest BCUT2D eigenvalue weighted by atomic mass is 9.90. The van der Waals surface area contributed by atoms with Crippen molar-refractivity contribution in [2.75, 3.05) is 11.9 Å². The SMILES string of the molecule is CCCC1(C(=O)Nc2c(F)cccc2C(=O)O)CCCN1. The molecular weight excluding hydrogens is 275 g/mol. The number of hydrogen-bond donors (Lipinski definition) is 3. The molecule has 0 spiro atoms. The van der Waals surface area contributed by atoms with Crippen LogP contribution in [-0.4, -0.2) is 29.1 Å². The molecule has 2 rings (SSSR count). The Morgan fingerprint density at radius 3 is 2.81 bits per heavy atom. The number of benzene rings is 1. The molecule has 1 aromatic rings. The lowest BCUT2D eigenvalue weighted by Crippen LogP contribution is -2.50. The summed E-state index contributed by atoms with van der Waals surface area (Å²) in [5, 5.41) is 14.8. The molecule has 0 saturated carbocycles. The fourth-order valence-corrected chi connectivity index (χ4v) is 2.82. The van der Waals surface area contributed by atoms with Gasteiger partial charge in [0, 0.05) is 0 Å². The third kappa shape index (κ3) is 3.05. The standard InChI is InChI=1S/C15H19FN2O3/c1-2-7-15(8-4-9-17-15)14(21)18-12-10(13(19)20)5-3-6-11(12)16/h3,5-6,17H,2,4,7-9H2,1H3,(H,18,21)(H,19,20). The number of para-hydroxylation sites is 1. The first-order valence-electron chi connectivity index (χ1n) is 7.08. The molecule has 1 saturated heterocycles. The molecule has 114 valence electrons. The summed E-state index contributed by atoms with van der Waals surface area (Å²) in [5.74, 6) is -2.38. The van der Waals surface area contributed by atoms with Crippen LogP contribution in [0.15, 0.2) is 18.2 Å². The highest BCUT2D eigenvalue weighted by molar-refractivity contribution is 6.04. The molecule has 3 N–H and O–H groups in total. The zero-order valence-electron chi connectivity index (χ0n) is 11.9. The topological polar surface area (TPSA) is 78.4 Å². The van der Waals surface area contributed by atoms with Gasteiger partial charge in [-0.15, -0.1) is 0 Å². The van der Waals surface area contributed by atoms with E-state index in [2.05, 4.69) is 10.6 Å². The molecule has 0 radical (unpaired) electrons. The molecular formula is C15H19FN2O3. The number of aromatic carboxylic acids is 1. The number of hydrogen-bond acceptors (Lipinski definition) is 3. The quantitative estimate of drug-likeness (QED) is 0.779. The van der Waals surface area contributed by atoms with Crippen molar-refractivity contribution < 1.29 is 19.1 Å². The Balaban J connectivity index is 2.29. The first kappa shape index (κ1) is 15.4. The molecule has 1 atom stereocenters. The minimum absolute atomic E-state index is 0.243. The van der Waals surface area contributed by atoms with Crippen LogP contribution < -0.4 is 10.6 Å². The first-order valence-corrected chi connectivity index (χ1v) is 7.08. The van der Waals surface area contributed by atoms with Gasteiger partial charge in [-0.3, -0.25) is 4.79 Å². The predicted molar refractivity (Wildman–Crippen MR) is 76.9 cm³/mol. The maximum Gasteiger partial charge on any atom is 0.337 e. The van der Waals surface area contributed by atoms with E-state index in [4.69, 9.17) is 5.11 Å². The number of halogens is 1. The van der Waals surface area contributed by atoms with E-state index in [1.165, 1.54) is 12.1 Å². The number of carboxylic acid groups (broad SMARTS) is 1. The highest BCUT2D eigenvalue weighted by Crippen LogP contribution is 2.28. The Labute approximate surface area is 122 Å². The molecule has 0 aliphatic carbocycles. The highest BCUT2D eigenvalue weighted by Gasteiger charge is 2.40. The van der Waals surface area contributed by atoms with Gasteiger partial charge in [-0.1, -0.05) is 19.4 Å². The lowest BCUT2D eigenvalue weighted by Gasteiger charge is -2.28. The zero-order valence-corrected chi connectivity index (χ0v) is 11.9. The summed E-state index contributed by atoms with van der Waals surface area (Å²) < 4.78 is 13.9. The zero-order chi connectivity index (χ0) is 15.5. The van der Waals surface area contributed by atoms with E-state index in [-0.39, 0.29) is 17.2 Å². The number of carbonyl (C=O) groups excluding carboxylic acids is 1. The Morgan fingerprint density at radius 2 is 2.24 bits per heavy atom. The van der Waals surface area contributed by atoms with Crippen LogP contribution in [-0.2, 0) is 4.79 Å². The molecule has 1 amide bonds. The van der Waals surface area contributed by atoms with E-state index in [1.54, 1.807) is 0 Å². The van der Waals surface area contributed by atoms with Crippen molar-refractivity contribution in [3.05, 3.63) is 29.6 Å². The van der Waals surface area contributed by atoms with Crippen LogP contribution >= 0.6 is 0 Å². The summed E-state index contributed by atoms with van der Waals surface area (Å²) in [4.78, 5) is 23.7. The average molecular weight is 294 g/mol. The van der Waals surface area contributed by atoms with Crippen LogP contribution in [0.4, 0.5) is 10.1 Å². The van der Waals surface area contributed by atoms with E-state index >= 15 is 0 Å². The Morgan fingerprint density at radius 1 is 1.48 bits per heavy atom. The third-order valence-electron chi connectivity index (χ3n) is 3.84. The number of rotatable bonds is 5. The Hall–Kier alpha value is -1.95. The number of carboxylic acids is 1. The van der Waals surface area contributed by atoms with Crippen molar-refractivity contribution in [1.29, 1.82) is 0 Å². The van der Waals surface area contributed by atoms with Crippen molar-refractivity contribution in [3.8, 4) is 0 Å². The van der Waals surface area contributed by atoms with Gasteiger partial charge in [0.15, 0.2) is 0 Å². The van der Waals surface area contributed by atoms with E-state index in [0.29, 0.717) is 12.8 Å². The van der Waals surface area contributed by atoms with Crippen LogP contribution in [0.25, 0.3) is 0 Å². The fourth-order valence-electron chi connectivity index (χ4n) is 2.82. The van der Waals surface area contributed by atoms with Gasteiger partial charge in [0.25, 0.3) is 0 Å². The summed E-state index contributed by atoms with van der Waals surface area (Å²) in [6, 6.07) is 3.72. The minimum Gasteiger partial charge on any atom is -0.478 e. The smallest absolute Gasteiger partial charge is 0.337 e. The molecule has 1 aliphatic heterocycles. The monoisotopic (exact) mass is 294 g/mol. The van der Waals surface area contributed by atoms with Crippen LogP contribution in [0.3, 0.4) is 0 Å².